The Hall–Kier alpha value is -0.300. The Morgan fingerprint density at radius 3 is 1.91 bits per heavy atom. The van der Waals surface area contributed by atoms with Gasteiger partial charge in [-0.3, -0.25) is 0 Å². The number of fused-ring (bicyclic) bond motifs is 1. The number of rotatable bonds is 9. The second kappa shape index (κ2) is 11.3. The molecule has 0 spiro atoms. The van der Waals surface area contributed by atoms with Crippen molar-refractivity contribution < 1.29 is 0 Å². The van der Waals surface area contributed by atoms with E-state index in [1.54, 1.807) is 16.7 Å². The molecule has 2 aromatic carbocycles. The normalized spacial score (nSPS) is 10.7. The van der Waals surface area contributed by atoms with Crippen molar-refractivity contribution in [2.75, 3.05) is 0 Å². The second-order valence-corrected chi connectivity index (χ2v) is 6.52. The Labute approximate surface area is 165 Å². The molecule has 0 heterocycles. The fourth-order valence-corrected chi connectivity index (χ4v) is 3.42. The van der Waals surface area contributed by atoms with Gasteiger partial charge < -0.3 is 0 Å². The van der Waals surface area contributed by atoms with Crippen LogP contribution in [-0.2, 0) is 19.3 Å². The van der Waals surface area contributed by atoms with Gasteiger partial charge in [0.1, 0.15) is 0 Å². The van der Waals surface area contributed by atoms with Crippen LogP contribution < -0.4 is 0 Å². The maximum Gasteiger partial charge on any atom is 0 e. The summed E-state index contributed by atoms with van der Waals surface area (Å²) in [5.41, 5.74) is 4.96. The van der Waals surface area contributed by atoms with E-state index in [9.17, 15) is 0 Å². The molecule has 0 nitrogen and oxygen atoms in total. The minimum Gasteiger partial charge on any atom is -0.0654 e. The zero-order valence-corrected chi connectivity index (χ0v) is 17.8. The number of benzene rings is 2. The van der Waals surface area contributed by atoms with Crippen LogP contribution >= 0.6 is 0 Å². The molecule has 23 heavy (non-hydrogen) atoms. The number of hydrogen-bond acceptors (Lipinski definition) is 0. The zero-order valence-electron chi connectivity index (χ0n) is 15.8. The third-order valence-corrected chi connectivity index (χ3v) is 4.73. The summed E-state index contributed by atoms with van der Waals surface area (Å²) in [6.45, 7) is 6.90. The van der Waals surface area contributed by atoms with Gasteiger partial charge in [-0.05, 0) is 66.0 Å². The summed E-state index contributed by atoms with van der Waals surface area (Å²) < 4.78 is 0. The number of hydrogen-bond donors (Lipinski definition) is 0. The smallest absolute Gasteiger partial charge is 0 e. The summed E-state index contributed by atoms with van der Waals surface area (Å²) >= 11 is 0. The Balaban J connectivity index is 0.00000264. The minimum atomic E-state index is 0. The summed E-state index contributed by atoms with van der Waals surface area (Å²) in [4.78, 5) is 0. The van der Waals surface area contributed by atoms with E-state index in [0.717, 1.165) is 0 Å². The van der Waals surface area contributed by atoms with Crippen molar-refractivity contribution >= 4 is 40.3 Å². The third-order valence-electron chi connectivity index (χ3n) is 4.73. The Bertz CT molecular complexity index is 586. The Morgan fingerprint density at radius 2 is 1.26 bits per heavy atom. The van der Waals surface area contributed by atoms with E-state index >= 15 is 0 Å². The monoisotopic (exact) mass is 319 g/mol. The van der Waals surface area contributed by atoms with Gasteiger partial charge in [0.25, 0.3) is 0 Å². The standard InChI is InChI=1S/C22H32.Na/c1-4-7-12-18-17-19-13-10-11-16-21(19)22(15-9-6-3)20(18)14-8-5-2;/h10-11,13,16-17H,4-9,12,14-15H2,1-3H3;. The van der Waals surface area contributed by atoms with Gasteiger partial charge in [0.05, 0.1) is 0 Å². The number of unbranched alkanes of at least 4 members (excludes halogenated alkanes) is 3. The molecule has 121 valence electrons. The van der Waals surface area contributed by atoms with E-state index in [4.69, 9.17) is 0 Å². The molecule has 0 saturated carbocycles. The first-order valence-electron chi connectivity index (χ1n) is 9.34. The molecule has 2 aromatic rings. The van der Waals surface area contributed by atoms with Crippen LogP contribution in [0.3, 0.4) is 0 Å². The molecule has 0 aliphatic rings. The minimum absolute atomic E-state index is 0. The first kappa shape index (κ1) is 20.7. The van der Waals surface area contributed by atoms with Crippen molar-refractivity contribution in [1.82, 2.24) is 0 Å². The van der Waals surface area contributed by atoms with Crippen LogP contribution in [0.1, 0.15) is 76.0 Å². The van der Waals surface area contributed by atoms with Crippen LogP contribution in [0.5, 0.6) is 0 Å². The molecule has 0 bridgehead atoms. The van der Waals surface area contributed by atoms with Gasteiger partial charge in [-0.15, -0.1) is 0 Å². The van der Waals surface area contributed by atoms with E-state index in [2.05, 4.69) is 51.1 Å². The van der Waals surface area contributed by atoms with E-state index in [1.165, 1.54) is 68.6 Å². The van der Waals surface area contributed by atoms with Crippen LogP contribution in [0.2, 0.25) is 0 Å². The van der Waals surface area contributed by atoms with E-state index in [0.29, 0.717) is 0 Å². The number of aryl methyl sites for hydroxylation is 2. The van der Waals surface area contributed by atoms with Gasteiger partial charge in [-0.2, -0.15) is 0 Å². The molecule has 0 amide bonds. The second-order valence-electron chi connectivity index (χ2n) is 6.52. The largest absolute Gasteiger partial charge is 0.0654 e. The maximum atomic E-state index is 2.48. The molecule has 0 atom stereocenters. The van der Waals surface area contributed by atoms with Gasteiger partial charge in [-0.1, -0.05) is 70.4 Å². The first-order valence-corrected chi connectivity index (χ1v) is 9.34. The SMILES string of the molecule is CCCCc1cc2ccccc2c(CCCC)c1CCCC.[Na]. The average molecular weight is 319 g/mol. The fraction of sp³-hybridized carbons (Fsp3) is 0.545. The van der Waals surface area contributed by atoms with Crippen molar-refractivity contribution in [2.45, 2.75) is 78.6 Å². The van der Waals surface area contributed by atoms with Gasteiger partial charge in [0.2, 0.25) is 0 Å². The molecule has 1 heteroatoms. The summed E-state index contributed by atoms with van der Waals surface area (Å²) in [5.74, 6) is 0. The van der Waals surface area contributed by atoms with Crippen LogP contribution in [0.25, 0.3) is 10.8 Å². The summed E-state index contributed by atoms with van der Waals surface area (Å²) in [6, 6.07) is 11.5. The predicted molar refractivity (Wildman–Crippen MR) is 106 cm³/mol. The van der Waals surface area contributed by atoms with Crippen molar-refractivity contribution in [3.05, 3.63) is 47.0 Å². The van der Waals surface area contributed by atoms with Gasteiger partial charge in [0, 0.05) is 29.6 Å². The van der Waals surface area contributed by atoms with E-state index < -0.39 is 0 Å². The van der Waals surface area contributed by atoms with E-state index in [-0.39, 0.29) is 29.6 Å². The molecule has 0 saturated heterocycles. The molecule has 1 radical (unpaired) electrons. The van der Waals surface area contributed by atoms with Crippen molar-refractivity contribution in [3.8, 4) is 0 Å². The molecule has 0 aliphatic carbocycles. The molecule has 0 aliphatic heterocycles. The average Bonchev–Trinajstić information content (AvgIpc) is 2.56. The topological polar surface area (TPSA) is 0 Å². The molecule has 0 unspecified atom stereocenters. The maximum absolute atomic E-state index is 2.48. The van der Waals surface area contributed by atoms with Crippen molar-refractivity contribution in [3.63, 3.8) is 0 Å². The summed E-state index contributed by atoms with van der Waals surface area (Å²) in [5, 5.41) is 2.95. The van der Waals surface area contributed by atoms with Crippen LogP contribution in [0.15, 0.2) is 30.3 Å². The fourth-order valence-electron chi connectivity index (χ4n) is 3.42. The van der Waals surface area contributed by atoms with Gasteiger partial charge in [-0.25, -0.2) is 0 Å². The van der Waals surface area contributed by atoms with Crippen LogP contribution in [-0.4, -0.2) is 29.6 Å². The Morgan fingerprint density at radius 1 is 0.696 bits per heavy atom. The quantitative estimate of drug-likeness (QED) is 0.464. The first-order chi connectivity index (χ1) is 10.8. The van der Waals surface area contributed by atoms with Gasteiger partial charge in [0.15, 0.2) is 0 Å². The van der Waals surface area contributed by atoms with Crippen LogP contribution in [0.4, 0.5) is 0 Å². The van der Waals surface area contributed by atoms with Crippen molar-refractivity contribution in [2.24, 2.45) is 0 Å². The van der Waals surface area contributed by atoms with Crippen molar-refractivity contribution in [1.29, 1.82) is 0 Å². The van der Waals surface area contributed by atoms with Crippen LogP contribution in [0, 0.1) is 0 Å². The molecule has 0 fully saturated rings. The Kier molecular flexibility index (Phi) is 10.2. The third kappa shape index (κ3) is 5.62. The molecule has 0 aromatic heterocycles. The molecule has 2 rings (SSSR count). The molecular formula is C22H32Na. The summed E-state index contributed by atoms with van der Waals surface area (Å²) in [6.07, 6.45) is 11.5. The summed E-state index contributed by atoms with van der Waals surface area (Å²) in [7, 11) is 0. The molecule has 0 N–H and O–H groups in total. The van der Waals surface area contributed by atoms with E-state index in [1.807, 2.05) is 0 Å². The van der Waals surface area contributed by atoms with Gasteiger partial charge >= 0.3 is 0 Å². The molecular weight excluding hydrogens is 287 g/mol. The zero-order chi connectivity index (χ0) is 15.8. The predicted octanol–water partition coefficient (Wildman–Crippen LogP) is 6.49.